The zero-order valence-electron chi connectivity index (χ0n) is 22.5. The van der Waals surface area contributed by atoms with E-state index in [-0.39, 0.29) is 23.4 Å². The Kier molecular flexibility index (Phi) is 10.5. The van der Waals surface area contributed by atoms with Crippen LogP contribution in [0.4, 0.5) is 5.69 Å². The summed E-state index contributed by atoms with van der Waals surface area (Å²) in [6.45, 7) is 5.08. The second-order valence-corrected chi connectivity index (χ2v) is 11.9. The molecular formula is C29H34BrN3O5S. The van der Waals surface area contributed by atoms with Crippen LogP contribution in [0.15, 0.2) is 88.2 Å². The number of rotatable bonds is 12. The lowest BCUT2D eigenvalue weighted by atomic mass is 10.1. The summed E-state index contributed by atoms with van der Waals surface area (Å²) in [5, 5.41) is 2.93. The van der Waals surface area contributed by atoms with Crippen molar-refractivity contribution in [1.82, 2.24) is 10.2 Å². The van der Waals surface area contributed by atoms with Crippen LogP contribution in [0.25, 0.3) is 0 Å². The Hall–Kier alpha value is -3.37. The van der Waals surface area contributed by atoms with Crippen LogP contribution < -0.4 is 14.4 Å². The minimum atomic E-state index is -4.10. The van der Waals surface area contributed by atoms with Crippen molar-refractivity contribution < 1.29 is 22.7 Å². The molecule has 0 aliphatic rings. The van der Waals surface area contributed by atoms with Crippen LogP contribution in [0.3, 0.4) is 0 Å². The van der Waals surface area contributed by atoms with Crippen LogP contribution in [-0.4, -0.2) is 50.9 Å². The topological polar surface area (TPSA) is 96.0 Å². The molecule has 0 aliphatic heterocycles. The molecule has 8 nitrogen and oxygen atoms in total. The number of halogens is 1. The zero-order chi connectivity index (χ0) is 28.6. The van der Waals surface area contributed by atoms with E-state index >= 15 is 0 Å². The molecule has 0 saturated heterocycles. The van der Waals surface area contributed by atoms with Gasteiger partial charge >= 0.3 is 0 Å². The molecule has 39 heavy (non-hydrogen) atoms. The highest BCUT2D eigenvalue weighted by molar-refractivity contribution is 9.10. The van der Waals surface area contributed by atoms with Gasteiger partial charge in [-0.3, -0.25) is 13.9 Å². The maximum absolute atomic E-state index is 13.9. The predicted molar refractivity (Wildman–Crippen MR) is 156 cm³/mol. The van der Waals surface area contributed by atoms with Crippen LogP contribution in [-0.2, 0) is 26.2 Å². The summed E-state index contributed by atoms with van der Waals surface area (Å²) in [6.07, 6.45) is 0.731. The van der Waals surface area contributed by atoms with Gasteiger partial charge in [-0.2, -0.15) is 0 Å². The summed E-state index contributed by atoms with van der Waals surface area (Å²) in [5.74, 6) is -0.228. The molecule has 2 unspecified atom stereocenters. The first-order valence-electron chi connectivity index (χ1n) is 12.6. The zero-order valence-corrected chi connectivity index (χ0v) is 24.9. The summed E-state index contributed by atoms with van der Waals surface area (Å²) in [5.41, 5.74) is 1.07. The number of nitrogens with zero attached hydrogens (tertiary/aromatic N) is 2. The smallest absolute Gasteiger partial charge is 0.264 e. The molecule has 3 rings (SSSR count). The Labute approximate surface area is 239 Å². The third-order valence-electron chi connectivity index (χ3n) is 6.38. The van der Waals surface area contributed by atoms with E-state index in [1.54, 1.807) is 74.7 Å². The molecule has 0 saturated carbocycles. The number of methoxy groups -OCH3 is 1. The van der Waals surface area contributed by atoms with E-state index in [9.17, 15) is 18.0 Å². The maximum atomic E-state index is 13.9. The van der Waals surface area contributed by atoms with Gasteiger partial charge in [0.15, 0.2) is 0 Å². The van der Waals surface area contributed by atoms with Crippen molar-refractivity contribution in [2.75, 3.05) is 18.0 Å². The lowest BCUT2D eigenvalue weighted by molar-refractivity contribution is -0.139. The lowest BCUT2D eigenvalue weighted by Crippen LogP contribution is -2.52. The molecule has 208 valence electrons. The van der Waals surface area contributed by atoms with Crippen LogP contribution >= 0.6 is 15.9 Å². The van der Waals surface area contributed by atoms with Gasteiger partial charge in [-0.25, -0.2) is 8.42 Å². The van der Waals surface area contributed by atoms with Crippen LogP contribution in [0.5, 0.6) is 5.75 Å². The van der Waals surface area contributed by atoms with Gasteiger partial charge in [0.2, 0.25) is 11.8 Å². The molecule has 0 aromatic heterocycles. The molecule has 0 spiro atoms. The van der Waals surface area contributed by atoms with E-state index in [1.165, 1.54) is 17.0 Å². The van der Waals surface area contributed by atoms with Crippen molar-refractivity contribution in [3.8, 4) is 5.75 Å². The van der Waals surface area contributed by atoms with Crippen LogP contribution in [0, 0.1) is 0 Å². The van der Waals surface area contributed by atoms with E-state index in [4.69, 9.17) is 4.74 Å². The van der Waals surface area contributed by atoms with Gasteiger partial charge in [0.25, 0.3) is 10.0 Å². The summed E-state index contributed by atoms with van der Waals surface area (Å²) < 4.78 is 34.7. The second-order valence-electron chi connectivity index (χ2n) is 9.17. The average molecular weight is 617 g/mol. The first-order valence-corrected chi connectivity index (χ1v) is 14.9. The SMILES string of the molecule is CCC(C)NC(=O)C(C)N(Cc1cccc(OC)c1)C(=O)CN(c1ccc(Br)cc1)S(=O)(=O)c1ccccc1. The van der Waals surface area contributed by atoms with Crippen LogP contribution in [0.2, 0.25) is 0 Å². The largest absolute Gasteiger partial charge is 0.497 e. The molecule has 1 N–H and O–H groups in total. The molecule has 2 amide bonds. The summed E-state index contributed by atoms with van der Waals surface area (Å²) in [7, 11) is -2.55. The fourth-order valence-electron chi connectivity index (χ4n) is 3.87. The highest BCUT2D eigenvalue weighted by atomic mass is 79.9. The number of sulfonamides is 1. The number of nitrogens with one attached hydrogen (secondary N) is 1. The second kappa shape index (κ2) is 13.6. The summed E-state index contributed by atoms with van der Waals surface area (Å²) in [4.78, 5) is 28.5. The van der Waals surface area contributed by atoms with Gasteiger partial charge in [0.05, 0.1) is 17.7 Å². The number of hydrogen-bond acceptors (Lipinski definition) is 5. The molecule has 10 heteroatoms. The van der Waals surface area contributed by atoms with Crippen LogP contribution in [0.1, 0.15) is 32.8 Å². The number of hydrogen-bond donors (Lipinski definition) is 1. The number of amides is 2. The van der Waals surface area contributed by atoms with E-state index in [0.29, 0.717) is 11.4 Å². The Balaban J connectivity index is 2.01. The number of anilines is 1. The van der Waals surface area contributed by atoms with E-state index in [0.717, 1.165) is 20.8 Å². The van der Waals surface area contributed by atoms with E-state index < -0.39 is 28.5 Å². The third kappa shape index (κ3) is 7.83. The van der Waals surface area contributed by atoms with Gasteiger partial charge < -0.3 is 15.0 Å². The molecule has 0 aliphatic carbocycles. The van der Waals surface area contributed by atoms with E-state index in [1.807, 2.05) is 19.9 Å². The third-order valence-corrected chi connectivity index (χ3v) is 8.70. The Morgan fingerprint density at radius 1 is 0.974 bits per heavy atom. The standard InChI is InChI=1S/C29H34BrN3O5S/c1-5-21(2)31-29(35)22(3)32(19-23-10-9-11-26(18-23)38-4)28(34)20-33(25-16-14-24(30)15-17-25)39(36,37)27-12-7-6-8-13-27/h6-18,21-22H,5,19-20H2,1-4H3,(H,31,35). The van der Waals surface area contributed by atoms with Crippen molar-refractivity contribution in [2.24, 2.45) is 0 Å². The summed E-state index contributed by atoms with van der Waals surface area (Å²) >= 11 is 3.38. The first kappa shape index (κ1) is 30.2. The fourth-order valence-corrected chi connectivity index (χ4v) is 5.57. The Morgan fingerprint density at radius 2 is 1.64 bits per heavy atom. The average Bonchev–Trinajstić information content (AvgIpc) is 2.95. The highest BCUT2D eigenvalue weighted by Gasteiger charge is 2.32. The minimum Gasteiger partial charge on any atom is -0.497 e. The number of benzene rings is 3. The maximum Gasteiger partial charge on any atom is 0.264 e. The Morgan fingerprint density at radius 3 is 2.26 bits per heavy atom. The molecule has 3 aromatic rings. The van der Waals surface area contributed by atoms with Crippen molar-refractivity contribution in [2.45, 2.75) is 50.7 Å². The highest BCUT2D eigenvalue weighted by Crippen LogP contribution is 2.26. The van der Waals surface area contributed by atoms with Crippen molar-refractivity contribution in [3.63, 3.8) is 0 Å². The van der Waals surface area contributed by atoms with Crippen molar-refractivity contribution in [3.05, 3.63) is 88.9 Å². The van der Waals surface area contributed by atoms with Crippen molar-refractivity contribution in [1.29, 1.82) is 0 Å². The lowest BCUT2D eigenvalue weighted by Gasteiger charge is -2.32. The minimum absolute atomic E-state index is 0.0580. The molecular weight excluding hydrogens is 582 g/mol. The molecule has 0 radical (unpaired) electrons. The Bertz CT molecular complexity index is 1370. The van der Waals surface area contributed by atoms with Gasteiger partial charge in [-0.1, -0.05) is 53.2 Å². The first-order chi connectivity index (χ1) is 18.6. The van der Waals surface area contributed by atoms with E-state index in [2.05, 4.69) is 21.2 Å². The number of ether oxygens (including phenoxy) is 1. The monoisotopic (exact) mass is 615 g/mol. The van der Waals surface area contributed by atoms with Crippen molar-refractivity contribution >= 4 is 43.5 Å². The van der Waals surface area contributed by atoms with Gasteiger partial charge in [0.1, 0.15) is 18.3 Å². The number of carbonyl (C=O) groups excluding carboxylic acids is 2. The van der Waals surface area contributed by atoms with Gasteiger partial charge in [-0.15, -0.1) is 0 Å². The molecule has 0 bridgehead atoms. The molecule has 3 aromatic carbocycles. The molecule has 0 fully saturated rings. The fraction of sp³-hybridized carbons (Fsp3) is 0.310. The summed E-state index contributed by atoms with van der Waals surface area (Å²) in [6, 6.07) is 20.9. The number of carbonyl (C=O) groups is 2. The molecule has 0 heterocycles. The predicted octanol–water partition coefficient (Wildman–Crippen LogP) is 4.99. The molecule has 2 atom stereocenters. The van der Waals surface area contributed by atoms with Gasteiger partial charge in [-0.05, 0) is 74.4 Å². The quantitative estimate of drug-likeness (QED) is 0.310. The normalized spacial score (nSPS) is 12.7. The van der Waals surface area contributed by atoms with Gasteiger partial charge in [0, 0.05) is 17.1 Å².